The Kier molecular flexibility index (Phi) is 7.21. The maximum atomic E-state index is 12.8. The van der Waals surface area contributed by atoms with Crippen molar-refractivity contribution in [3.8, 4) is 28.7 Å². The highest BCUT2D eigenvalue weighted by Crippen LogP contribution is 2.31. The van der Waals surface area contributed by atoms with Gasteiger partial charge in [-0.3, -0.25) is 4.79 Å². The number of hydrogen-bond donors (Lipinski definition) is 1. The Hall–Kier alpha value is -3.72. The average molecular weight is 438 g/mol. The molecular weight excluding hydrogens is 417 g/mol. The summed E-state index contributed by atoms with van der Waals surface area (Å²) in [6, 6.07) is 19.6. The zero-order chi connectivity index (χ0) is 23.1. The van der Waals surface area contributed by atoms with Gasteiger partial charge in [-0.15, -0.1) is 5.92 Å². The van der Waals surface area contributed by atoms with E-state index in [2.05, 4.69) is 11.8 Å². The van der Waals surface area contributed by atoms with Crippen LogP contribution in [0.3, 0.4) is 0 Å². The zero-order valence-electron chi connectivity index (χ0n) is 17.3. The van der Waals surface area contributed by atoms with Crippen LogP contribution in [0.1, 0.15) is 36.0 Å². The topological polar surface area (TPSA) is 46.5 Å². The molecule has 0 aliphatic rings. The monoisotopic (exact) mass is 438 g/mol. The number of alkyl halides is 3. The second-order valence-corrected chi connectivity index (χ2v) is 7.18. The first-order chi connectivity index (χ1) is 15.3. The van der Waals surface area contributed by atoms with Crippen LogP contribution in [0, 0.1) is 11.8 Å². The van der Waals surface area contributed by atoms with Gasteiger partial charge in [0.1, 0.15) is 12.4 Å². The lowest BCUT2D eigenvalue weighted by Crippen LogP contribution is -2.04. The molecule has 0 radical (unpaired) electrons. The Labute approximate surface area is 184 Å². The van der Waals surface area contributed by atoms with E-state index in [0.717, 1.165) is 28.8 Å². The van der Waals surface area contributed by atoms with E-state index in [9.17, 15) is 18.0 Å². The van der Waals surface area contributed by atoms with Crippen LogP contribution in [0.5, 0.6) is 5.75 Å². The molecule has 0 saturated heterocycles. The van der Waals surface area contributed by atoms with E-state index in [1.165, 1.54) is 12.1 Å². The molecule has 0 heterocycles. The van der Waals surface area contributed by atoms with Gasteiger partial charge in [0.25, 0.3) is 0 Å². The molecule has 0 unspecified atom stereocenters. The first-order valence-corrected chi connectivity index (χ1v) is 9.89. The SMILES string of the molecule is CC#C[C@H](CC(=O)O)c1ccc(OCc2cccc(-c3ccc(C(F)(F)F)cc3)c2)cc1. The normalized spacial score (nSPS) is 11.9. The maximum Gasteiger partial charge on any atom is 0.416 e. The van der Waals surface area contributed by atoms with Gasteiger partial charge in [-0.25, -0.2) is 0 Å². The number of carboxylic acid groups (broad SMARTS) is 1. The summed E-state index contributed by atoms with van der Waals surface area (Å²) in [5.41, 5.74) is 2.47. The van der Waals surface area contributed by atoms with Gasteiger partial charge < -0.3 is 9.84 Å². The van der Waals surface area contributed by atoms with Gasteiger partial charge in [-0.2, -0.15) is 13.2 Å². The molecule has 32 heavy (non-hydrogen) atoms. The number of carbonyl (C=O) groups is 1. The largest absolute Gasteiger partial charge is 0.489 e. The molecule has 0 aliphatic carbocycles. The van der Waals surface area contributed by atoms with Crippen molar-refractivity contribution in [2.75, 3.05) is 0 Å². The number of halogens is 3. The number of ether oxygens (including phenoxy) is 1. The van der Waals surface area contributed by atoms with Crippen LogP contribution in [0.15, 0.2) is 72.8 Å². The Morgan fingerprint density at radius 3 is 2.28 bits per heavy atom. The summed E-state index contributed by atoms with van der Waals surface area (Å²) in [5.74, 6) is 4.99. The van der Waals surface area contributed by atoms with Gasteiger partial charge in [0.2, 0.25) is 0 Å². The Balaban J connectivity index is 1.67. The number of aliphatic carboxylic acids is 1. The summed E-state index contributed by atoms with van der Waals surface area (Å²) >= 11 is 0. The van der Waals surface area contributed by atoms with Crippen molar-refractivity contribution < 1.29 is 27.8 Å². The number of rotatable bonds is 7. The fourth-order valence-corrected chi connectivity index (χ4v) is 3.26. The Morgan fingerprint density at radius 2 is 1.69 bits per heavy atom. The lowest BCUT2D eigenvalue weighted by Gasteiger charge is -2.12. The third-order valence-electron chi connectivity index (χ3n) is 4.86. The maximum absolute atomic E-state index is 12.8. The number of carboxylic acids is 1. The smallest absolute Gasteiger partial charge is 0.416 e. The van der Waals surface area contributed by atoms with E-state index in [1.807, 2.05) is 24.3 Å². The van der Waals surface area contributed by atoms with Crippen molar-refractivity contribution in [1.29, 1.82) is 0 Å². The van der Waals surface area contributed by atoms with Gasteiger partial charge in [-0.1, -0.05) is 48.4 Å². The third kappa shape index (κ3) is 6.14. The van der Waals surface area contributed by atoms with Gasteiger partial charge in [0.15, 0.2) is 0 Å². The first kappa shape index (κ1) is 23.0. The molecule has 0 bridgehead atoms. The molecule has 0 amide bonds. The summed E-state index contributed by atoms with van der Waals surface area (Å²) < 4.78 is 44.1. The number of benzene rings is 3. The Bertz CT molecular complexity index is 1120. The van der Waals surface area contributed by atoms with E-state index < -0.39 is 17.7 Å². The van der Waals surface area contributed by atoms with E-state index in [1.54, 1.807) is 31.2 Å². The standard InChI is InChI=1S/C26H21F3O3/c1-2-4-21(16-25(30)31)20-9-13-24(14-10-20)32-17-18-5-3-6-22(15-18)19-7-11-23(12-8-19)26(27,28)29/h3,5-15,21H,16-17H2,1H3,(H,30,31)/t21-/m1/s1. The van der Waals surface area contributed by atoms with E-state index in [-0.39, 0.29) is 18.9 Å². The predicted octanol–water partition coefficient (Wildman–Crippen LogP) is 6.53. The average Bonchev–Trinajstić information content (AvgIpc) is 2.77. The Morgan fingerprint density at radius 1 is 1.00 bits per heavy atom. The molecule has 3 aromatic rings. The van der Waals surface area contributed by atoms with Gasteiger partial charge in [0.05, 0.1) is 17.9 Å². The quantitative estimate of drug-likeness (QED) is 0.427. The third-order valence-corrected chi connectivity index (χ3v) is 4.86. The number of hydrogen-bond acceptors (Lipinski definition) is 2. The van der Waals surface area contributed by atoms with Gasteiger partial charge in [-0.05, 0) is 59.5 Å². The lowest BCUT2D eigenvalue weighted by molar-refractivity contribution is -0.138. The van der Waals surface area contributed by atoms with Crippen molar-refractivity contribution >= 4 is 5.97 Å². The van der Waals surface area contributed by atoms with Gasteiger partial charge >= 0.3 is 12.1 Å². The second-order valence-electron chi connectivity index (χ2n) is 7.18. The molecule has 3 nitrogen and oxygen atoms in total. The zero-order valence-corrected chi connectivity index (χ0v) is 17.3. The van der Waals surface area contributed by atoms with Crippen molar-refractivity contribution in [2.24, 2.45) is 0 Å². The molecule has 0 aliphatic heterocycles. The minimum Gasteiger partial charge on any atom is -0.489 e. The van der Waals surface area contributed by atoms with Crippen LogP contribution in [0.25, 0.3) is 11.1 Å². The molecular formula is C26H21F3O3. The summed E-state index contributed by atoms with van der Waals surface area (Å²) in [5, 5.41) is 9.05. The highest BCUT2D eigenvalue weighted by atomic mass is 19.4. The minimum atomic E-state index is -4.36. The summed E-state index contributed by atoms with van der Waals surface area (Å²) in [6.07, 6.45) is -4.43. The highest BCUT2D eigenvalue weighted by Gasteiger charge is 2.29. The van der Waals surface area contributed by atoms with Crippen molar-refractivity contribution in [1.82, 2.24) is 0 Å². The molecule has 0 spiro atoms. The van der Waals surface area contributed by atoms with Crippen LogP contribution < -0.4 is 4.74 Å². The fraction of sp³-hybridized carbons (Fsp3) is 0.192. The van der Waals surface area contributed by atoms with Crippen molar-refractivity contribution in [3.63, 3.8) is 0 Å². The second kappa shape index (κ2) is 10.1. The molecule has 3 rings (SSSR count). The van der Waals surface area contributed by atoms with E-state index in [4.69, 9.17) is 9.84 Å². The molecule has 6 heteroatoms. The molecule has 1 N–H and O–H groups in total. The molecule has 0 fully saturated rings. The van der Waals surface area contributed by atoms with Crippen LogP contribution in [-0.2, 0) is 17.6 Å². The highest BCUT2D eigenvalue weighted by molar-refractivity contribution is 5.69. The molecule has 164 valence electrons. The van der Waals surface area contributed by atoms with Crippen LogP contribution in [0.4, 0.5) is 13.2 Å². The first-order valence-electron chi connectivity index (χ1n) is 9.89. The van der Waals surface area contributed by atoms with Crippen molar-refractivity contribution in [3.05, 3.63) is 89.5 Å². The van der Waals surface area contributed by atoms with Crippen LogP contribution >= 0.6 is 0 Å². The van der Waals surface area contributed by atoms with E-state index in [0.29, 0.717) is 11.3 Å². The summed E-state index contributed by atoms with van der Waals surface area (Å²) in [4.78, 5) is 11.0. The van der Waals surface area contributed by atoms with Crippen molar-refractivity contribution in [2.45, 2.75) is 32.0 Å². The summed E-state index contributed by atoms with van der Waals surface area (Å²) in [7, 11) is 0. The lowest BCUT2D eigenvalue weighted by atomic mass is 9.96. The summed E-state index contributed by atoms with van der Waals surface area (Å²) in [6.45, 7) is 1.95. The van der Waals surface area contributed by atoms with Crippen LogP contribution in [0.2, 0.25) is 0 Å². The molecule has 0 saturated carbocycles. The van der Waals surface area contributed by atoms with E-state index >= 15 is 0 Å². The molecule has 3 aromatic carbocycles. The minimum absolute atomic E-state index is 0.0716. The van der Waals surface area contributed by atoms with Crippen LogP contribution in [-0.4, -0.2) is 11.1 Å². The van der Waals surface area contributed by atoms with Gasteiger partial charge in [0, 0.05) is 0 Å². The molecule has 1 atom stereocenters. The predicted molar refractivity (Wildman–Crippen MR) is 116 cm³/mol. The molecule has 0 aromatic heterocycles. The fourth-order valence-electron chi connectivity index (χ4n) is 3.26.